The molecule has 0 saturated carbocycles. The minimum Gasteiger partial charge on any atom is -0.382 e. The molecule has 270 valence electrons. The number of nitrogens with two attached hydrogens (primary N) is 1. The van der Waals surface area contributed by atoms with Crippen molar-refractivity contribution in [1.29, 1.82) is 0 Å². The minimum absolute atomic E-state index is 0.0346. The Hall–Kier alpha value is -4.59. The van der Waals surface area contributed by atoms with Crippen LogP contribution in [0.4, 0.5) is 17.2 Å². The SMILES string of the molecule is CN(CCC(c1ccc([N+](=O)[O-])cc1)[C@H]1O[C@@H](n2cnc3c(N)ncnc32)C[C@@H]1OP(=O)(O)O)NS(=O)(=O)c1cccc2c(N(C)C)cccc12. The predicted molar refractivity (Wildman–Crippen MR) is 187 cm³/mol. The number of nitrogen functional groups attached to an aromatic ring is 1. The molecule has 51 heavy (non-hydrogen) atoms. The zero-order valence-corrected chi connectivity index (χ0v) is 29.4. The van der Waals surface area contributed by atoms with Crippen molar-refractivity contribution >= 4 is 57.0 Å². The number of benzene rings is 3. The summed E-state index contributed by atoms with van der Waals surface area (Å²) < 4.78 is 52.9. The van der Waals surface area contributed by atoms with E-state index in [4.69, 9.17) is 15.0 Å². The molecule has 1 aliphatic rings. The molecule has 0 radical (unpaired) electrons. The number of nitro groups is 1. The summed E-state index contributed by atoms with van der Waals surface area (Å²) in [6.45, 7) is 0.0829. The van der Waals surface area contributed by atoms with Crippen molar-refractivity contribution < 1.29 is 37.0 Å². The van der Waals surface area contributed by atoms with Crippen molar-refractivity contribution in [3.8, 4) is 0 Å². The number of phosphoric ester groups is 1. The summed E-state index contributed by atoms with van der Waals surface area (Å²) in [4.78, 5) is 47.6. The van der Waals surface area contributed by atoms with Crippen LogP contribution in [0.2, 0.25) is 0 Å². The molecule has 5 aromatic rings. The van der Waals surface area contributed by atoms with E-state index < -0.39 is 47.1 Å². The van der Waals surface area contributed by atoms with Crippen molar-refractivity contribution in [2.45, 2.75) is 42.1 Å². The molecule has 20 heteroatoms. The maximum atomic E-state index is 13.7. The third-order valence-electron chi connectivity index (χ3n) is 8.70. The summed E-state index contributed by atoms with van der Waals surface area (Å²) in [7, 11) is -3.83. The molecule has 1 fully saturated rings. The number of sulfonamides is 1. The van der Waals surface area contributed by atoms with Crippen LogP contribution in [0.1, 0.15) is 30.6 Å². The fourth-order valence-electron chi connectivity index (χ4n) is 6.44. The Labute approximate surface area is 292 Å². The number of ether oxygens (including phenoxy) is 1. The summed E-state index contributed by atoms with van der Waals surface area (Å²) in [5.41, 5.74) is 7.82. The third kappa shape index (κ3) is 7.70. The highest BCUT2D eigenvalue weighted by Crippen LogP contribution is 2.48. The quantitative estimate of drug-likeness (QED) is 0.0769. The Bertz CT molecular complexity index is 2230. The van der Waals surface area contributed by atoms with Gasteiger partial charge in [0.25, 0.3) is 15.7 Å². The van der Waals surface area contributed by atoms with Crippen molar-refractivity contribution in [2.75, 3.05) is 38.3 Å². The minimum atomic E-state index is -5.04. The fraction of sp³-hybridized carbons (Fsp3) is 0.323. The van der Waals surface area contributed by atoms with Gasteiger partial charge in [-0.2, -0.15) is 0 Å². The highest BCUT2D eigenvalue weighted by Gasteiger charge is 2.45. The van der Waals surface area contributed by atoms with Gasteiger partial charge in [-0.3, -0.25) is 19.2 Å². The zero-order chi connectivity index (χ0) is 36.7. The van der Waals surface area contributed by atoms with Gasteiger partial charge in [0.15, 0.2) is 11.5 Å². The van der Waals surface area contributed by atoms with Gasteiger partial charge in [-0.05, 0) is 24.1 Å². The number of hydrogen-bond acceptors (Lipinski definition) is 13. The second kappa shape index (κ2) is 14.2. The highest BCUT2D eigenvalue weighted by atomic mass is 32.2. The van der Waals surface area contributed by atoms with Crippen LogP contribution >= 0.6 is 7.82 Å². The molecule has 0 aliphatic carbocycles. The Morgan fingerprint density at radius 1 is 1.10 bits per heavy atom. The van der Waals surface area contributed by atoms with Crippen molar-refractivity contribution in [2.24, 2.45) is 0 Å². The van der Waals surface area contributed by atoms with Gasteiger partial charge in [0.2, 0.25) is 0 Å². The molecule has 4 atom stereocenters. The van der Waals surface area contributed by atoms with Crippen LogP contribution in [0.5, 0.6) is 0 Å². The van der Waals surface area contributed by atoms with Gasteiger partial charge in [-0.25, -0.2) is 32.9 Å². The molecular formula is C31H36N9O9PS. The van der Waals surface area contributed by atoms with Crippen molar-refractivity contribution in [1.82, 2.24) is 29.4 Å². The van der Waals surface area contributed by atoms with E-state index in [1.807, 2.05) is 31.1 Å². The van der Waals surface area contributed by atoms with Crippen LogP contribution in [-0.4, -0.2) is 87.6 Å². The van der Waals surface area contributed by atoms with E-state index in [-0.39, 0.29) is 35.8 Å². The standard InChI is InChI=1S/C31H36N9O9PS/c1-37(2)24-8-4-7-23-22(24)6-5-9-26(23)51(46,47)36-38(3)15-14-21(19-10-12-20(13-11-19)40(41)42)29-25(49-50(43,44)45)16-27(48-29)39-18-35-28-30(32)33-17-34-31(28)39/h4-13,17-18,21,25,27,29,36H,14-16H2,1-3H3,(H2,32,33,34)(H2,43,44,45)/t21?,25-,27+,29+/m0/s1. The summed E-state index contributed by atoms with van der Waals surface area (Å²) in [6, 6.07) is 16.1. The summed E-state index contributed by atoms with van der Waals surface area (Å²) in [5, 5.41) is 14.1. The maximum Gasteiger partial charge on any atom is 0.469 e. The van der Waals surface area contributed by atoms with Crippen molar-refractivity contribution in [3.05, 3.63) is 89.0 Å². The predicted octanol–water partition coefficient (Wildman–Crippen LogP) is 3.30. The van der Waals surface area contributed by atoms with E-state index in [2.05, 4.69) is 19.8 Å². The van der Waals surface area contributed by atoms with Gasteiger partial charge < -0.3 is 25.2 Å². The lowest BCUT2D eigenvalue weighted by atomic mass is 9.87. The van der Waals surface area contributed by atoms with Crippen LogP contribution in [0.15, 0.2) is 78.2 Å². The number of anilines is 2. The van der Waals surface area contributed by atoms with E-state index in [1.165, 1.54) is 48.0 Å². The van der Waals surface area contributed by atoms with Gasteiger partial charge in [0, 0.05) is 68.6 Å². The van der Waals surface area contributed by atoms with Crippen LogP contribution in [0.3, 0.4) is 0 Å². The number of aromatic nitrogens is 4. The second-order valence-corrected chi connectivity index (χ2v) is 15.1. The topological polar surface area (TPSA) is 241 Å². The number of nitro benzene ring substituents is 1. The molecule has 1 unspecified atom stereocenters. The lowest BCUT2D eigenvalue weighted by Gasteiger charge is -2.30. The van der Waals surface area contributed by atoms with Gasteiger partial charge in [-0.15, -0.1) is 4.83 Å². The van der Waals surface area contributed by atoms with E-state index in [9.17, 15) is 32.9 Å². The number of hydrazine groups is 1. The van der Waals surface area contributed by atoms with E-state index in [1.54, 1.807) is 29.8 Å². The van der Waals surface area contributed by atoms with Gasteiger partial charge in [0.05, 0.1) is 22.3 Å². The van der Waals surface area contributed by atoms with Gasteiger partial charge >= 0.3 is 7.82 Å². The van der Waals surface area contributed by atoms with Crippen LogP contribution < -0.4 is 15.5 Å². The number of imidazole rings is 1. The zero-order valence-electron chi connectivity index (χ0n) is 27.7. The molecule has 3 aromatic carbocycles. The monoisotopic (exact) mass is 741 g/mol. The number of nitrogens with zero attached hydrogens (tertiary/aromatic N) is 7. The van der Waals surface area contributed by atoms with E-state index in [0.29, 0.717) is 22.1 Å². The molecule has 0 spiro atoms. The number of non-ortho nitro benzene ring substituents is 1. The number of hydrogen-bond donors (Lipinski definition) is 4. The largest absolute Gasteiger partial charge is 0.469 e. The molecule has 0 bridgehead atoms. The average molecular weight is 742 g/mol. The Kier molecular flexibility index (Phi) is 10.1. The first-order chi connectivity index (χ1) is 24.1. The van der Waals surface area contributed by atoms with E-state index in [0.717, 1.165) is 11.1 Å². The van der Waals surface area contributed by atoms with Gasteiger partial charge in [0.1, 0.15) is 24.2 Å². The molecule has 1 aliphatic heterocycles. The maximum absolute atomic E-state index is 13.7. The highest BCUT2D eigenvalue weighted by molar-refractivity contribution is 7.89. The molecule has 18 nitrogen and oxygen atoms in total. The normalized spacial score (nSPS) is 18.8. The molecular weight excluding hydrogens is 705 g/mol. The van der Waals surface area contributed by atoms with Crippen LogP contribution in [0.25, 0.3) is 21.9 Å². The average Bonchev–Trinajstić information content (AvgIpc) is 3.68. The lowest BCUT2D eigenvalue weighted by Crippen LogP contribution is -2.41. The number of phosphoric acid groups is 1. The van der Waals surface area contributed by atoms with Crippen molar-refractivity contribution in [3.63, 3.8) is 0 Å². The summed E-state index contributed by atoms with van der Waals surface area (Å²) >= 11 is 0. The van der Waals surface area contributed by atoms with E-state index >= 15 is 0 Å². The smallest absolute Gasteiger partial charge is 0.382 e. The summed E-state index contributed by atoms with van der Waals surface area (Å²) in [5.74, 6) is -0.568. The number of fused-ring (bicyclic) bond motifs is 2. The van der Waals surface area contributed by atoms with Gasteiger partial charge in [-0.1, -0.05) is 36.4 Å². The first-order valence-electron chi connectivity index (χ1n) is 15.6. The number of rotatable bonds is 13. The Morgan fingerprint density at radius 3 is 2.49 bits per heavy atom. The molecule has 2 aromatic heterocycles. The second-order valence-electron chi connectivity index (χ2n) is 12.3. The summed E-state index contributed by atoms with van der Waals surface area (Å²) in [6.07, 6.45) is -0.245. The third-order valence-corrected chi connectivity index (χ3v) is 10.7. The molecule has 5 N–H and O–H groups in total. The first-order valence-corrected chi connectivity index (χ1v) is 18.6. The Balaban J connectivity index is 1.30. The van der Waals surface area contributed by atoms with Crippen LogP contribution in [-0.2, 0) is 23.8 Å². The molecule has 3 heterocycles. The molecule has 0 amide bonds. The lowest BCUT2D eigenvalue weighted by molar-refractivity contribution is -0.384. The number of nitrogens with one attached hydrogen (secondary N) is 1. The first kappa shape index (κ1) is 36.2. The molecule has 1 saturated heterocycles. The Morgan fingerprint density at radius 2 is 1.80 bits per heavy atom. The van der Waals surface area contributed by atoms with Crippen LogP contribution in [0, 0.1) is 10.1 Å². The fourth-order valence-corrected chi connectivity index (χ4v) is 8.32. The molecule has 6 rings (SSSR count).